The van der Waals surface area contributed by atoms with Crippen LogP contribution < -0.4 is 0 Å². The fourth-order valence-corrected chi connectivity index (χ4v) is 0.786. The molecule has 0 saturated carbocycles. The van der Waals surface area contributed by atoms with Gasteiger partial charge in [-0.05, 0) is 18.2 Å². The number of nitrogens with zero attached hydrogens (tertiary/aromatic N) is 1. The zero-order valence-electron chi connectivity index (χ0n) is 6.05. The summed E-state index contributed by atoms with van der Waals surface area (Å²) >= 11 is 0. The maximum Gasteiger partial charge on any atom is 0.240 e. The van der Waals surface area contributed by atoms with Crippen molar-refractivity contribution in [3.63, 3.8) is 0 Å². The normalized spacial score (nSPS) is 9.17. The van der Waals surface area contributed by atoms with Gasteiger partial charge in [-0.25, -0.2) is 13.6 Å². The molecule has 1 rings (SSSR count). The summed E-state index contributed by atoms with van der Waals surface area (Å²) in [6, 6.07) is 3.50. The third-order valence-electron chi connectivity index (χ3n) is 1.35. The minimum absolute atomic E-state index is 0.105. The predicted molar refractivity (Wildman–Crippen MR) is 39.0 cm³/mol. The Morgan fingerprint density at radius 2 is 2.25 bits per heavy atom. The van der Waals surface area contributed by atoms with E-state index in [1.165, 1.54) is 18.2 Å². The maximum atomic E-state index is 12.6. The second-order valence-electron chi connectivity index (χ2n) is 2.11. The predicted octanol–water partition coefficient (Wildman–Crippen LogP) is 2.26. The Hall–Kier alpha value is -1.54. The number of rotatable bonds is 2. The molecular weight excluding hydrogens is 164 g/mol. The van der Waals surface area contributed by atoms with Crippen LogP contribution in [0.15, 0.2) is 23.2 Å². The molecule has 1 aromatic carbocycles. The Bertz CT molecular complexity index is 332. The van der Waals surface area contributed by atoms with E-state index in [0.29, 0.717) is 0 Å². The number of hydrogen-bond acceptors (Lipinski definition) is 2. The minimum Gasteiger partial charge on any atom is -0.246 e. The number of halogens is 2. The van der Waals surface area contributed by atoms with E-state index in [4.69, 9.17) is 0 Å². The van der Waals surface area contributed by atoms with Crippen molar-refractivity contribution in [2.45, 2.75) is 6.67 Å². The molecule has 12 heavy (non-hydrogen) atoms. The Morgan fingerprint density at radius 1 is 1.50 bits per heavy atom. The molecule has 0 aromatic heterocycles. The summed E-state index contributed by atoms with van der Waals surface area (Å²) in [7, 11) is 0. The standard InChI is InChI=1S/C8H5F2NO/c9-4-6-3-7(11-5-12)1-2-8(6)10/h1-3H,4H2. The SMILES string of the molecule is O=C=Nc1ccc(F)c(CF)c1. The fourth-order valence-electron chi connectivity index (χ4n) is 0.786. The molecule has 0 aliphatic rings. The molecule has 0 radical (unpaired) electrons. The van der Waals surface area contributed by atoms with Crippen molar-refractivity contribution in [1.29, 1.82) is 0 Å². The second-order valence-corrected chi connectivity index (χ2v) is 2.11. The van der Waals surface area contributed by atoms with E-state index in [1.807, 2.05) is 0 Å². The van der Waals surface area contributed by atoms with Crippen molar-refractivity contribution >= 4 is 11.8 Å². The van der Waals surface area contributed by atoms with E-state index < -0.39 is 12.5 Å². The fraction of sp³-hybridized carbons (Fsp3) is 0.125. The van der Waals surface area contributed by atoms with Crippen LogP contribution in [0.5, 0.6) is 0 Å². The van der Waals surface area contributed by atoms with Crippen LogP contribution in [0.4, 0.5) is 14.5 Å². The second kappa shape index (κ2) is 3.74. The van der Waals surface area contributed by atoms with Gasteiger partial charge in [0, 0.05) is 5.56 Å². The number of aliphatic imine (C=N–C) groups is 1. The highest BCUT2D eigenvalue weighted by Gasteiger charge is 2.01. The van der Waals surface area contributed by atoms with Crippen LogP contribution in [-0.2, 0) is 11.5 Å². The van der Waals surface area contributed by atoms with Crippen molar-refractivity contribution in [1.82, 2.24) is 0 Å². The van der Waals surface area contributed by atoms with E-state index in [2.05, 4.69) is 4.99 Å². The van der Waals surface area contributed by atoms with Crippen LogP contribution in [0, 0.1) is 5.82 Å². The van der Waals surface area contributed by atoms with Crippen LogP contribution in [0.25, 0.3) is 0 Å². The van der Waals surface area contributed by atoms with E-state index in [-0.39, 0.29) is 11.3 Å². The van der Waals surface area contributed by atoms with Crippen molar-refractivity contribution in [3.8, 4) is 0 Å². The summed E-state index contributed by atoms with van der Waals surface area (Å²) in [4.78, 5) is 13.0. The lowest BCUT2D eigenvalue weighted by molar-refractivity contribution is 0.464. The van der Waals surface area contributed by atoms with Crippen molar-refractivity contribution in [2.24, 2.45) is 4.99 Å². The summed E-state index contributed by atoms with van der Waals surface area (Å²) in [5, 5.41) is 0. The first-order valence-electron chi connectivity index (χ1n) is 3.20. The van der Waals surface area contributed by atoms with E-state index >= 15 is 0 Å². The monoisotopic (exact) mass is 169 g/mol. The van der Waals surface area contributed by atoms with Gasteiger partial charge in [0.1, 0.15) is 12.5 Å². The summed E-state index contributed by atoms with van der Waals surface area (Å²) < 4.78 is 24.7. The van der Waals surface area contributed by atoms with Gasteiger partial charge in [0.05, 0.1) is 5.69 Å². The molecule has 62 valence electrons. The number of alkyl halides is 1. The average molecular weight is 169 g/mol. The van der Waals surface area contributed by atoms with Crippen LogP contribution in [0.1, 0.15) is 5.56 Å². The number of carbonyl (C=O) groups excluding carboxylic acids is 1. The smallest absolute Gasteiger partial charge is 0.240 e. The lowest BCUT2D eigenvalue weighted by atomic mass is 10.2. The Kier molecular flexibility index (Phi) is 2.66. The van der Waals surface area contributed by atoms with E-state index in [0.717, 1.165) is 6.07 Å². The highest BCUT2D eigenvalue weighted by molar-refractivity contribution is 5.49. The lowest BCUT2D eigenvalue weighted by Gasteiger charge is -1.96. The van der Waals surface area contributed by atoms with Gasteiger partial charge in [-0.1, -0.05) is 0 Å². The van der Waals surface area contributed by atoms with Gasteiger partial charge in [0.15, 0.2) is 0 Å². The van der Waals surface area contributed by atoms with Gasteiger partial charge in [0.25, 0.3) is 0 Å². The summed E-state index contributed by atoms with van der Waals surface area (Å²) in [6.07, 6.45) is 1.28. The number of benzene rings is 1. The Morgan fingerprint density at radius 3 is 2.83 bits per heavy atom. The average Bonchev–Trinajstić information content (AvgIpc) is 2.09. The van der Waals surface area contributed by atoms with Gasteiger partial charge in [-0.2, -0.15) is 4.99 Å². The first-order valence-corrected chi connectivity index (χ1v) is 3.20. The molecule has 0 unspecified atom stereocenters. The van der Waals surface area contributed by atoms with Gasteiger partial charge >= 0.3 is 0 Å². The molecule has 1 aromatic rings. The quantitative estimate of drug-likeness (QED) is 0.493. The van der Waals surface area contributed by atoms with Crippen molar-refractivity contribution < 1.29 is 13.6 Å². The van der Waals surface area contributed by atoms with Crippen molar-refractivity contribution in [2.75, 3.05) is 0 Å². The van der Waals surface area contributed by atoms with Gasteiger partial charge in [-0.3, -0.25) is 0 Å². The third kappa shape index (κ3) is 1.74. The molecule has 0 N–H and O–H groups in total. The van der Waals surface area contributed by atoms with Crippen LogP contribution >= 0.6 is 0 Å². The van der Waals surface area contributed by atoms with E-state index in [9.17, 15) is 13.6 Å². The van der Waals surface area contributed by atoms with Crippen molar-refractivity contribution in [3.05, 3.63) is 29.6 Å². The molecule has 0 saturated heterocycles. The number of isocyanates is 1. The molecule has 0 aliphatic heterocycles. The van der Waals surface area contributed by atoms with Crippen LogP contribution in [0.3, 0.4) is 0 Å². The first kappa shape index (κ1) is 8.56. The molecule has 4 heteroatoms. The zero-order chi connectivity index (χ0) is 8.97. The summed E-state index contributed by atoms with van der Waals surface area (Å²) in [5.74, 6) is -0.637. The summed E-state index contributed by atoms with van der Waals surface area (Å²) in [5.41, 5.74) is 0.102. The molecular formula is C8H5F2NO. The number of hydrogen-bond donors (Lipinski definition) is 0. The maximum absolute atomic E-state index is 12.6. The molecule has 0 atom stereocenters. The summed E-state index contributed by atoms with van der Waals surface area (Å²) in [6.45, 7) is -0.909. The third-order valence-corrected chi connectivity index (χ3v) is 1.35. The molecule has 2 nitrogen and oxygen atoms in total. The largest absolute Gasteiger partial charge is 0.246 e. The minimum atomic E-state index is -0.909. The topological polar surface area (TPSA) is 29.4 Å². The van der Waals surface area contributed by atoms with Crippen LogP contribution in [0.2, 0.25) is 0 Å². The first-order chi connectivity index (χ1) is 5.77. The Balaban J connectivity index is 3.13. The molecule has 0 aliphatic carbocycles. The lowest BCUT2D eigenvalue weighted by Crippen LogP contribution is -1.84. The van der Waals surface area contributed by atoms with Crippen LogP contribution in [-0.4, -0.2) is 6.08 Å². The Labute approximate surface area is 67.5 Å². The molecule has 0 fully saturated rings. The molecule has 0 heterocycles. The zero-order valence-corrected chi connectivity index (χ0v) is 6.05. The van der Waals surface area contributed by atoms with E-state index in [1.54, 1.807) is 0 Å². The molecule has 0 amide bonds. The molecule has 0 spiro atoms. The van der Waals surface area contributed by atoms with Gasteiger partial charge in [0.2, 0.25) is 6.08 Å². The highest BCUT2D eigenvalue weighted by atomic mass is 19.1. The highest BCUT2D eigenvalue weighted by Crippen LogP contribution is 2.17. The van der Waals surface area contributed by atoms with Gasteiger partial charge < -0.3 is 0 Å². The molecule has 0 bridgehead atoms. The van der Waals surface area contributed by atoms with Gasteiger partial charge in [-0.15, -0.1) is 0 Å².